The van der Waals surface area contributed by atoms with Crippen LogP contribution < -0.4 is 10.7 Å². The summed E-state index contributed by atoms with van der Waals surface area (Å²) >= 11 is 1.26. The van der Waals surface area contributed by atoms with Crippen LogP contribution in [0, 0.1) is 11.6 Å². The number of carbonyl (C=O) groups is 1. The lowest BCUT2D eigenvalue weighted by molar-refractivity contribution is 0.102. The number of para-hydroxylation sites is 1. The lowest BCUT2D eigenvalue weighted by Gasteiger charge is -2.09. The molecular formula is C19H10F2N2O3S. The Kier molecular flexibility index (Phi) is 4.25. The van der Waals surface area contributed by atoms with Crippen molar-refractivity contribution in [3.05, 3.63) is 80.9 Å². The summed E-state index contributed by atoms with van der Waals surface area (Å²) < 4.78 is 33.3. The minimum Gasteiger partial charge on any atom is -0.454 e. The van der Waals surface area contributed by atoms with Crippen LogP contribution in [0.4, 0.5) is 14.5 Å². The summed E-state index contributed by atoms with van der Waals surface area (Å²) in [4.78, 5) is 28.6. The Hall–Kier alpha value is -3.39. The first-order chi connectivity index (χ1) is 13.0. The lowest BCUT2D eigenvalue weighted by Crippen LogP contribution is -2.13. The van der Waals surface area contributed by atoms with Crippen molar-refractivity contribution in [2.24, 2.45) is 0 Å². The van der Waals surface area contributed by atoms with Gasteiger partial charge >= 0.3 is 0 Å². The molecule has 0 aliphatic carbocycles. The summed E-state index contributed by atoms with van der Waals surface area (Å²) in [6.07, 6.45) is 0. The van der Waals surface area contributed by atoms with Gasteiger partial charge in [-0.2, -0.15) is 0 Å². The average Bonchev–Trinajstić information content (AvgIpc) is 3.19. The Morgan fingerprint density at radius 2 is 1.96 bits per heavy atom. The van der Waals surface area contributed by atoms with Crippen LogP contribution in [0.25, 0.3) is 22.3 Å². The number of halogens is 2. The van der Waals surface area contributed by atoms with Crippen molar-refractivity contribution in [2.75, 3.05) is 5.32 Å². The summed E-state index contributed by atoms with van der Waals surface area (Å²) in [6, 6.07) is 9.32. The Labute approximate surface area is 154 Å². The van der Waals surface area contributed by atoms with Gasteiger partial charge in [0.25, 0.3) is 5.91 Å². The van der Waals surface area contributed by atoms with E-state index in [1.807, 2.05) is 0 Å². The van der Waals surface area contributed by atoms with Crippen LogP contribution in [-0.2, 0) is 0 Å². The first kappa shape index (κ1) is 17.0. The number of aromatic nitrogens is 1. The molecule has 134 valence electrons. The topological polar surface area (TPSA) is 72.2 Å². The molecule has 0 saturated heterocycles. The third-order valence-electron chi connectivity index (χ3n) is 3.88. The molecule has 2 heterocycles. The first-order valence-electron chi connectivity index (χ1n) is 7.75. The number of thiazole rings is 1. The fourth-order valence-electron chi connectivity index (χ4n) is 2.61. The molecular weight excluding hydrogens is 374 g/mol. The SMILES string of the molecule is O=C(Nc1cccc2c(=O)cc(-c3cccc(F)c3F)oc12)c1cscn1. The van der Waals surface area contributed by atoms with Crippen LogP contribution >= 0.6 is 11.3 Å². The van der Waals surface area contributed by atoms with Crippen molar-refractivity contribution in [3.63, 3.8) is 0 Å². The van der Waals surface area contributed by atoms with Crippen molar-refractivity contribution < 1.29 is 18.0 Å². The minimum atomic E-state index is -1.12. The van der Waals surface area contributed by atoms with Crippen molar-refractivity contribution in [1.82, 2.24) is 4.98 Å². The number of nitrogens with one attached hydrogen (secondary N) is 1. The molecule has 1 N–H and O–H groups in total. The second kappa shape index (κ2) is 6.73. The molecule has 5 nitrogen and oxygen atoms in total. The van der Waals surface area contributed by atoms with E-state index >= 15 is 0 Å². The zero-order valence-corrected chi connectivity index (χ0v) is 14.3. The molecule has 1 amide bonds. The molecule has 0 spiro atoms. The third-order valence-corrected chi connectivity index (χ3v) is 4.47. The Morgan fingerprint density at radius 1 is 1.15 bits per heavy atom. The van der Waals surface area contributed by atoms with Gasteiger partial charge in [-0.05, 0) is 24.3 Å². The number of rotatable bonds is 3. The van der Waals surface area contributed by atoms with Crippen molar-refractivity contribution in [3.8, 4) is 11.3 Å². The average molecular weight is 384 g/mol. The van der Waals surface area contributed by atoms with E-state index in [4.69, 9.17) is 4.42 Å². The fraction of sp³-hybridized carbons (Fsp3) is 0. The molecule has 8 heteroatoms. The minimum absolute atomic E-state index is 0.0623. The van der Waals surface area contributed by atoms with E-state index < -0.39 is 23.0 Å². The second-order valence-corrected chi connectivity index (χ2v) is 6.31. The standard InChI is InChI=1S/C19H10F2N2O3S/c20-12-5-1-4-11(17(12)21)16-7-15(24)10-3-2-6-13(18(10)26-16)23-19(25)14-8-27-9-22-14/h1-9H,(H,23,25). The maximum absolute atomic E-state index is 14.1. The van der Waals surface area contributed by atoms with Crippen molar-refractivity contribution in [2.45, 2.75) is 0 Å². The van der Waals surface area contributed by atoms with E-state index in [0.717, 1.165) is 12.1 Å². The lowest BCUT2D eigenvalue weighted by atomic mass is 10.1. The monoisotopic (exact) mass is 384 g/mol. The number of fused-ring (bicyclic) bond motifs is 1. The fourth-order valence-corrected chi connectivity index (χ4v) is 3.15. The molecule has 0 fully saturated rings. The molecule has 0 bridgehead atoms. The van der Waals surface area contributed by atoms with Gasteiger partial charge in [-0.1, -0.05) is 12.1 Å². The highest BCUT2D eigenvalue weighted by atomic mass is 32.1. The molecule has 4 aromatic rings. The van der Waals surface area contributed by atoms with Crippen LogP contribution in [-0.4, -0.2) is 10.9 Å². The van der Waals surface area contributed by atoms with Crippen LogP contribution in [0.5, 0.6) is 0 Å². The molecule has 0 aliphatic rings. The van der Waals surface area contributed by atoms with E-state index in [9.17, 15) is 18.4 Å². The van der Waals surface area contributed by atoms with Gasteiger partial charge in [-0.15, -0.1) is 11.3 Å². The van der Waals surface area contributed by atoms with Gasteiger partial charge in [0, 0.05) is 11.4 Å². The predicted octanol–water partition coefficient (Wildman–Crippen LogP) is 4.45. The summed E-state index contributed by atoms with van der Waals surface area (Å²) in [5.41, 5.74) is 1.39. The summed E-state index contributed by atoms with van der Waals surface area (Å²) in [5, 5.41) is 4.40. The van der Waals surface area contributed by atoms with Gasteiger partial charge in [-0.3, -0.25) is 9.59 Å². The smallest absolute Gasteiger partial charge is 0.275 e. The number of benzene rings is 2. The van der Waals surface area contributed by atoms with Gasteiger partial charge < -0.3 is 9.73 Å². The van der Waals surface area contributed by atoms with Gasteiger partial charge in [-0.25, -0.2) is 13.8 Å². The summed E-state index contributed by atoms with van der Waals surface area (Å²) in [5.74, 6) is -2.79. The molecule has 0 unspecified atom stereocenters. The van der Waals surface area contributed by atoms with E-state index in [0.29, 0.717) is 0 Å². The number of hydrogen-bond donors (Lipinski definition) is 1. The number of anilines is 1. The van der Waals surface area contributed by atoms with Gasteiger partial charge in [0.15, 0.2) is 22.6 Å². The zero-order chi connectivity index (χ0) is 19.0. The number of nitrogens with zero attached hydrogens (tertiary/aromatic N) is 1. The van der Waals surface area contributed by atoms with Crippen LogP contribution in [0.3, 0.4) is 0 Å². The number of carbonyl (C=O) groups excluding carboxylic acids is 1. The second-order valence-electron chi connectivity index (χ2n) is 5.59. The largest absolute Gasteiger partial charge is 0.454 e. The molecule has 2 aromatic carbocycles. The Bertz CT molecular complexity index is 1220. The van der Waals surface area contributed by atoms with Crippen LogP contribution in [0.15, 0.2) is 62.6 Å². The maximum Gasteiger partial charge on any atom is 0.275 e. The molecule has 0 radical (unpaired) electrons. The molecule has 27 heavy (non-hydrogen) atoms. The highest BCUT2D eigenvalue weighted by molar-refractivity contribution is 7.07. The van der Waals surface area contributed by atoms with E-state index in [1.165, 1.54) is 35.0 Å². The normalized spacial score (nSPS) is 10.9. The van der Waals surface area contributed by atoms with E-state index in [1.54, 1.807) is 17.5 Å². The predicted molar refractivity (Wildman–Crippen MR) is 97.9 cm³/mol. The molecule has 0 atom stereocenters. The van der Waals surface area contributed by atoms with Crippen LogP contribution in [0.1, 0.15) is 10.5 Å². The van der Waals surface area contributed by atoms with Gasteiger partial charge in [0.2, 0.25) is 0 Å². The Balaban J connectivity index is 1.87. The number of hydrogen-bond acceptors (Lipinski definition) is 5. The van der Waals surface area contributed by atoms with E-state index in [-0.39, 0.29) is 33.7 Å². The maximum atomic E-state index is 14.1. The summed E-state index contributed by atoms with van der Waals surface area (Å²) in [7, 11) is 0. The van der Waals surface area contributed by atoms with Crippen LogP contribution in [0.2, 0.25) is 0 Å². The van der Waals surface area contributed by atoms with Crippen molar-refractivity contribution in [1.29, 1.82) is 0 Å². The van der Waals surface area contributed by atoms with Crippen molar-refractivity contribution >= 4 is 33.9 Å². The highest BCUT2D eigenvalue weighted by Gasteiger charge is 2.17. The molecule has 2 aromatic heterocycles. The van der Waals surface area contributed by atoms with E-state index in [2.05, 4.69) is 10.3 Å². The molecule has 0 aliphatic heterocycles. The molecule has 4 rings (SSSR count). The summed E-state index contributed by atoms with van der Waals surface area (Å²) in [6.45, 7) is 0. The zero-order valence-electron chi connectivity index (χ0n) is 13.5. The third kappa shape index (κ3) is 3.11. The Morgan fingerprint density at radius 3 is 2.74 bits per heavy atom. The van der Waals surface area contributed by atoms with Gasteiger partial charge in [0.1, 0.15) is 11.5 Å². The van der Waals surface area contributed by atoms with Gasteiger partial charge in [0.05, 0.1) is 22.1 Å². The quantitative estimate of drug-likeness (QED) is 0.567. The first-order valence-corrected chi connectivity index (χ1v) is 8.69. The molecule has 0 saturated carbocycles. The number of amides is 1. The highest BCUT2D eigenvalue weighted by Crippen LogP contribution is 2.29.